The maximum Gasteiger partial charge on any atom is 0.267 e. The molecule has 2 heterocycles. The fourth-order valence-corrected chi connectivity index (χ4v) is 3.57. The molecule has 1 saturated heterocycles. The molecule has 1 aliphatic rings. The number of hydrogen-bond donors (Lipinski definition) is 0. The fraction of sp³-hybridized carbons (Fsp3) is 0.150. The number of amides is 1. The second-order valence-corrected chi connectivity index (χ2v) is 6.55. The monoisotopic (exact) mass is 365 g/mol. The SMILES string of the molecule is C=CCN1C(=O)/C(=C(\C)c2cccc(OC)c2)S/C1=N/c1ccccn1. The number of carbonyl (C=O) groups excluding carboxylic acids is 1. The molecule has 1 aromatic heterocycles. The van der Waals surface area contributed by atoms with Crippen LogP contribution in [0.3, 0.4) is 0 Å². The minimum Gasteiger partial charge on any atom is -0.497 e. The molecule has 1 aromatic carbocycles. The van der Waals surface area contributed by atoms with Crippen LogP contribution >= 0.6 is 11.8 Å². The lowest BCUT2D eigenvalue weighted by Crippen LogP contribution is -2.29. The number of aliphatic imine (C=N–C) groups is 1. The van der Waals surface area contributed by atoms with Crippen molar-refractivity contribution >= 4 is 34.2 Å². The van der Waals surface area contributed by atoms with Crippen molar-refractivity contribution in [1.29, 1.82) is 0 Å². The molecule has 132 valence electrons. The van der Waals surface area contributed by atoms with Gasteiger partial charge < -0.3 is 4.74 Å². The van der Waals surface area contributed by atoms with E-state index in [-0.39, 0.29) is 5.91 Å². The van der Waals surface area contributed by atoms with E-state index in [2.05, 4.69) is 16.6 Å². The highest BCUT2D eigenvalue weighted by Crippen LogP contribution is 2.37. The smallest absolute Gasteiger partial charge is 0.267 e. The minimum atomic E-state index is -0.0788. The first-order chi connectivity index (χ1) is 12.6. The van der Waals surface area contributed by atoms with Gasteiger partial charge >= 0.3 is 0 Å². The number of amidine groups is 1. The zero-order valence-corrected chi connectivity index (χ0v) is 15.5. The van der Waals surface area contributed by atoms with Gasteiger partial charge in [-0.15, -0.1) is 6.58 Å². The van der Waals surface area contributed by atoms with Crippen molar-refractivity contribution in [3.05, 3.63) is 71.8 Å². The highest BCUT2D eigenvalue weighted by atomic mass is 32.2. The highest BCUT2D eigenvalue weighted by molar-refractivity contribution is 8.18. The molecular weight excluding hydrogens is 346 g/mol. The molecule has 5 nitrogen and oxygen atoms in total. The summed E-state index contributed by atoms with van der Waals surface area (Å²) >= 11 is 1.36. The van der Waals surface area contributed by atoms with Gasteiger partial charge in [-0.25, -0.2) is 9.98 Å². The molecule has 0 aliphatic carbocycles. The van der Waals surface area contributed by atoms with E-state index < -0.39 is 0 Å². The van der Waals surface area contributed by atoms with Crippen molar-refractivity contribution in [1.82, 2.24) is 9.88 Å². The van der Waals surface area contributed by atoms with Gasteiger partial charge in [0.2, 0.25) is 0 Å². The maximum absolute atomic E-state index is 12.9. The zero-order valence-electron chi connectivity index (χ0n) is 14.7. The van der Waals surface area contributed by atoms with Crippen molar-refractivity contribution in [2.24, 2.45) is 4.99 Å². The quantitative estimate of drug-likeness (QED) is 0.586. The van der Waals surface area contributed by atoms with Gasteiger partial charge in [0.15, 0.2) is 11.0 Å². The van der Waals surface area contributed by atoms with E-state index in [1.165, 1.54) is 11.8 Å². The van der Waals surface area contributed by atoms with Gasteiger partial charge in [0, 0.05) is 12.7 Å². The molecule has 1 fully saturated rings. The highest BCUT2D eigenvalue weighted by Gasteiger charge is 2.34. The van der Waals surface area contributed by atoms with Gasteiger partial charge in [-0.05, 0) is 54.1 Å². The first kappa shape index (κ1) is 17.9. The van der Waals surface area contributed by atoms with Crippen molar-refractivity contribution in [2.45, 2.75) is 6.92 Å². The molecule has 0 unspecified atom stereocenters. The number of thioether (sulfide) groups is 1. The zero-order chi connectivity index (χ0) is 18.5. The van der Waals surface area contributed by atoms with Crippen molar-refractivity contribution in [3.8, 4) is 5.75 Å². The Morgan fingerprint density at radius 3 is 2.88 bits per heavy atom. The lowest BCUT2D eigenvalue weighted by atomic mass is 10.1. The maximum atomic E-state index is 12.9. The summed E-state index contributed by atoms with van der Waals surface area (Å²) in [5.74, 6) is 1.24. The van der Waals surface area contributed by atoms with E-state index in [0.717, 1.165) is 16.9 Å². The number of allylic oxidation sites excluding steroid dienone is 1. The number of aromatic nitrogens is 1. The Morgan fingerprint density at radius 1 is 1.35 bits per heavy atom. The lowest BCUT2D eigenvalue weighted by molar-refractivity contribution is -0.121. The minimum absolute atomic E-state index is 0.0788. The van der Waals surface area contributed by atoms with E-state index in [1.807, 2.05) is 43.3 Å². The number of rotatable bonds is 5. The molecule has 0 spiro atoms. The van der Waals surface area contributed by atoms with Crippen molar-refractivity contribution < 1.29 is 9.53 Å². The summed E-state index contributed by atoms with van der Waals surface area (Å²) < 4.78 is 5.28. The van der Waals surface area contributed by atoms with Crippen molar-refractivity contribution in [3.63, 3.8) is 0 Å². The number of nitrogens with zero attached hydrogens (tertiary/aromatic N) is 3. The summed E-state index contributed by atoms with van der Waals surface area (Å²) in [5, 5.41) is 0.603. The summed E-state index contributed by atoms with van der Waals surface area (Å²) in [6, 6.07) is 13.2. The number of ether oxygens (including phenoxy) is 1. The molecule has 0 bridgehead atoms. The van der Waals surface area contributed by atoms with E-state index in [4.69, 9.17) is 4.74 Å². The average molecular weight is 365 g/mol. The molecular formula is C20H19N3O2S. The Kier molecular flexibility index (Phi) is 5.53. The molecule has 6 heteroatoms. The standard InChI is InChI=1S/C20H19N3O2S/c1-4-12-23-19(24)18(14(2)15-8-7-9-16(13-15)25-3)26-20(23)22-17-10-5-6-11-21-17/h4-11,13H,1,12H2,2-3H3/b18-14-,22-20+. The third kappa shape index (κ3) is 3.70. The van der Waals surface area contributed by atoms with Gasteiger partial charge in [-0.3, -0.25) is 9.69 Å². The fourth-order valence-electron chi connectivity index (χ4n) is 2.52. The molecule has 26 heavy (non-hydrogen) atoms. The summed E-state index contributed by atoms with van der Waals surface area (Å²) in [4.78, 5) is 23.9. The molecule has 3 rings (SSSR count). The van der Waals surface area contributed by atoms with Crippen LogP contribution < -0.4 is 4.74 Å². The van der Waals surface area contributed by atoms with Gasteiger partial charge in [0.25, 0.3) is 5.91 Å². The number of carbonyl (C=O) groups is 1. The molecule has 1 amide bonds. The van der Waals surface area contributed by atoms with Crippen LogP contribution in [0, 0.1) is 0 Å². The summed E-state index contributed by atoms with van der Waals surface area (Å²) in [6.07, 6.45) is 3.37. The number of methoxy groups -OCH3 is 1. The second-order valence-electron chi connectivity index (χ2n) is 5.57. The van der Waals surface area contributed by atoms with E-state index >= 15 is 0 Å². The van der Waals surface area contributed by atoms with Crippen LogP contribution in [0.5, 0.6) is 5.75 Å². The van der Waals surface area contributed by atoms with Crippen molar-refractivity contribution in [2.75, 3.05) is 13.7 Å². The first-order valence-corrected chi connectivity index (χ1v) is 8.91. The molecule has 1 aliphatic heterocycles. The van der Waals surface area contributed by atoms with Gasteiger partial charge in [0.05, 0.1) is 12.0 Å². The molecule has 2 aromatic rings. The van der Waals surface area contributed by atoms with Crippen LogP contribution in [0.4, 0.5) is 5.82 Å². The van der Waals surface area contributed by atoms with E-state index in [0.29, 0.717) is 22.4 Å². The Hall–Kier alpha value is -2.86. The molecule has 0 atom stereocenters. The van der Waals surface area contributed by atoms with E-state index in [1.54, 1.807) is 30.3 Å². The molecule has 0 saturated carbocycles. The summed E-state index contributed by atoms with van der Waals surface area (Å²) in [6.45, 7) is 6.08. The van der Waals surface area contributed by atoms with Crippen LogP contribution in [-0.2, 0) is 4.79 Å². The molecule has 0 N–H and O–H groups in total. The Balaban J connectivity index is 2.02. The topological polar surface area (TPSA) is 54.8 Å². The normalized spacial score (nSPS) is 17.5. The number of benzene rings is 1. The number of hydrogen-bond acceptors (Lipinski definition) is 5. The third-order valence-corrected chi connectivity index (χ3v) is 5.06. The van der Waals surface area contributed by atoms with Gasteiger partial charge in [-0.2, -0.15) is 0 Å². The van der Waals surface area contributed by atoms with Gasteiger partial charge in [0.1, 0.15) is 5.75 Å². The van der Waals surface area contributed by atoms with Crippen LogP contribution in [0.15, 0.2) is 71.2 Å². The predicted octanol–water partition coefficient (Wildman–Crippen LogP) is 4.27. The second kappa shape index (κ2) is 8.01. The van der Waals surface area contributed by atoms with Gasteiger partial charge in [-0.1, -0.05) is 24.3 Å². The molecule has 0 radical (unpaired) electrons. The first-order valence-electron chi connectivity index (χ1n) is 8.09. The largest absolute Gasteiger partial charge is 0.497 e. The average Bonchev–Trinajstić information content (AvgIpc) is 2.98. The van der Waals surface area contributed by atoms with Crippen LogP contribution in [-0.4, -0.2) is 34.6 Å². The predicted molar refractivity (Wildman–Crippen MR) is 106 cm³/mol. The lowest BCUT2D eigenvalue weighted by Gasteiger charge is -2.12. The van der Waals surface area contributed by atoms with Crippen LogP contribution in [0.1, 0.15) is 12.5 Å². The van der Waals surface area contributed by atoms with E-state index in [9.17, 15) is 4.79 Å². The number of pyridine rings is 1. The Labute approximate surface area is 157 Å². The van der Waals surface area contributed by atoms with Crippen LogP contribution in [0.2, 0.25) is 0 Å². The summed E-state index contributed by atoms with van der Waals surface area (Å²) in [5.41, 5.74) is 1.83. The summed E-state index contributed by atoms with van der Waals surface area (Å²) in [7, 11) is 1.63. The third-order valence-electron chi connectivity index (χ3n) is 3.88. The Morgan fingerprint density at radius 2 is 2.19 bits per heavy atom. The Bertz CT molecular complexity index is 891. The van der Waals surface area contributed by atoms with Crippen LogP contribution in [0.25, 0.3) is 5.57 Å².